The Hall–Kier alpha value is -4.14. The number of carbonyl (C=O) groups is 2. The number of ether oxygens (including phenoxy) is 5. The highest BCUT2D eigenvalue weighted by atomic mass is 16.7. The molecule has 0 unspecified atom stereocenters. The van der Waals surface area contributed by atoms with Crippen molar-refractivity contribution in [1.29, 1.82) is 0 Å². The van der Waals surface area contributed by atoms with E-state index in [4.69, 9.17) is 23.7 Å². The van der Waals surface area contributed by atoms with E-state index in [1.165, 1.54) is 0 Å². The molecular weight excluding hydrogens is 544 g/mol. The van der Waals surface area contributed by atoms with E-state index in [0.717, 1.165) is 22.3 Å². The fraction of sp³-hybridized carbons (Fsp3) is 0.278. The van der Waals surface area contributed by atoms with E-state index >= 15 is 0 Å². The highest BCUT2D eigenvalue weighted by Crippen LogP contribution is 2.44. The van der Waals surface area contributed by atoms with Gasteiger partial charge >= 0.3 is 11.9 Å². The maximum Gasteiger partial charge on any atom is 0.324 e. The second-order valence-corrected chi connectivity index (χ2v) is 11.7. The van der Waals surface area contributed by atoms with Gasteiger partial charge < -0.3 is 23.7 Å². The van der Waals surface area contributed by atoms with Crippen molar-refractivity contribution in [3.63, 3.8) is 0 Å². The number of rotatable bonds is 6. The zero-order chi connectivity index (χ0) is 30.0. The van der Waals surface area contributed by atoms with Crippen LogP contribution in [0.15, 0.2) is 121 Å². The van der Waals surface area contributed by atoms with Crippen molar-refractivity contribution in [2.45, 2.75) is 25.4 Å². The summed E-state index contributed by atoms with van der Waals surface area (Å²) in [5.74, 6) is -3.84. The SMILES string of the molecule is CC1(C(=O)OC(=O)C2(C)COC(c3ccccc3)(c3ccccc3)OC2)COC(c2ccccc2)(c2ccccc2)OC1. The number of carbonyl (C=O) groups excluding carboxylic acids is 2. The molecule has 0 radical (unpaired) electrons. The molecule has 0 amide bonds. The van der Waals surface area contributed by atoms with E-state index in [2.05, 4.69) is 0 Å². The van der Waals surface area contributed by atoms with Crippen molar-refractivity contribution >= 4 is 11.9 Å². The van der Waals surface area contributed by atoms with Crippen LogP contribution in [-0.2, 0) is 44.8 Å². The van der Waals surface area contributed by atoms with Gasteiger partial charge in [0, 0.05) is 22.3 Å². The quantitative estimate of drug-likeness (QED) is 0.206. The fourth-order valence-corrected chi connectivity index (χ4v) is 5.41. The summed E-state index contributed by atoms with van der Waals surface area (Å²) < 4.78 is 31.0. The first-order valence-electron chi connectivity index (χ1n) is 14.3. The molecule has 2 fully saturated rings. The lowest BCUT2D eigenvalue weighted by molar-refractivity contribution is -0.291. The van der Waals surface area contributed by atoms with Crippen molar-refractivity contribution in [1.82, 2.24) is 0 Å². The summed E-state index contributed by atoms with van der Waals surface area (Å²) in [5.41, 5.74) is 0.781. The minimum Gasteiger partial charge on any atom is -0.392 e. The first-order valence-corrected chi connectivity index (χ1v) is 14.3. The van der Waals surface area contributed by atoms with Gasteiger partial charge in [0.2, 0.25) is 11.6 Å². The molecule has 0 aromatic heterocycles. The minimum atomic E-state index is -1.21. The summed E-state index contributed by atoms with van der Waals surface area (Å²) in [6.45, 7) is 3.29. The Kier molecular flexibility index (Phi) is 7.75. The van der Waals surface area contributed by atoms with E-state index in [-0.39, 0.29) is 26.4 Å². The summed E-state index contributed by atoms with van der Waals surface area (Å²) in [5, 5.41) is 0. The second kappa shape index (κ2) is 11.5. The Morgan fingerprint density at radius 3 is 0.930 bits per heavy atom. The smallest absolute Gasteiger partial charge is 0.324 e. The summed E-state index contributed by atoms with van der Waals surface area (Å²) in [6.07, 6.45) is 0. The highest BCUT2D eigenvalue weighted by molar-refractivity contribution is 5.91. The normalized spacial score (nSPS) is 20.0. The molecule has 0 aliphatic carbocycles. The van der Waals surface area contributed by atoms with E-state index in [9.17, 15) is 9.59 Å². The van der Waals surface area contributed by atoms with Gasteiger partial charge in [-0.15, -0.1) is 0 Å². The molecule has 2 saturated heterocycles. The number of esters is 2. The van der Waals surface area contributed by atoms with Crippen molar-refractivity contribution in [3.05, 3.63) is 144 Å². The van der Waals surface area contributed by atoms with Gasteiger partial charge in [0.15, 0.2) is 0 Å². The Labute approximate surface area is 251 Å². The van der Waals surface area contributed by atoms with Crippen LogP contribution in [0.2, 0.25) is 0 Å². The lowest BCUT2D eigenvalue weighted by atomic mass is 9.87. The van der Waals surface area contributed by atoms with Crippen LogP contribution in [0.5, 0.6) is 0 Å². The average Bonchev–Trinajstić information content (AvgIpc) is 3.07. The molecule has 7 nitrogen and oxygen atoms in total. The predicted molar refractivity (Wildman–Crippen MR) is 158 cm³/mol. The number of hydrogen-bond acceptors (Lipinski definition) is 7. The number of benzene rings is 4. The third-order valence-electron chi connectivity index (χ3n) is 8.16. The summed E-state index contributed by atoms with van der Waals surface area (Å²) in [7, 11) is 0. The van der Waals surface area contributed by atoms with Gasteiger partial charge in [0.25, 0.3) is 0 Å². The molecule has 0 spiro atoms. The predicted octanol–water partition coefficient (Wildman–Crippen LogP) is 5.97. The zero-order valence-corrected chi connectivity index (χ0v) is 24.2. The first-order chi connectivity index (χ1) is 20.8. The standard InChI is InChI=1S/C36H34O7/c1-33(23-39-35(40-24-33,27-15-7-3-8-16-27)28-17-9-4-10-18-28)31(37)43-32(38)34(2)25-41-36(42-26-34,29-19-11-5-12-20-29)30-21-13-6-14-22-30/h3-22H,23-26H2,1-2H3. The molecule has 4 aromatic carbocycles. The maximum absolute atomic E-state index is 13.5. The van der Waals surface area contributed by atoms with Crippen LogP contribution in [0.1, 0.15) is 36.1 Å². The Balaban J connectivity index is 1.16. The van der Waals surface area contributed by atoms with Crippen LogP contribution < -0.4 is 0 Å². The molecule has 0 saturated carbocycles. The molecule has 6 rings (SSSR count). The Bertz CT molecular complexity index is 1340. The van der Waals surface area contributed by atoms with Crippen molar-refractivity contribution < 1.29 is 33.3 Å². The lowest BCUT2D eigenvalue weighted by Crippen LogP contribution is -2.54. The van der Waals surface area contributed by atoms with Crippen molar-refractivity contribution in [2.75, 3.05) is 26.4 Å². The third-order valence-corrected chi connectivity index (χ3v) is 8.16. The molecule has 2 heterocycles. The lowest BCUT2D eigenvalue weighted by Gasteiger charge is -2.45. The molecule has 0 bridgehead atoms. The molecule has 2 aliphatic rings. The molecule has 220 valence electrons. The molecule has 0 atom stereocenters. The largest absolute Gasteiger partial charge is 0.392 e. The minimum absolute atomic E-state index is 0.0161. The third kappa shape index (κ3) is 5.30. The molecule has 0 N–H and O–H groups in total. The molecular formula is C36H34O7. The average molecular weight is 579 g/mol. The summed E-state index contributed by atoms with van der Waals surface area (Å²) in [4.78, 5) is 27.0. The Morgan fingerprint density at radius 2 is 0.698 bits per heavy atom. The number of hydrogen-bond donors (Lipinski definition) is 0. The summed E-state index contributed by atoms with van der Waals surface area (Å²) >= 11 is 0. The Morgan fingerprint density at radius 1 is 0.465 bits per heavy atom. The van der Waals surface area contributed by atoms with Crippen molar-refractivity contribution in [2.24, 2.45) is 10.8 Å². The topological polar surface area (TPSA) is 80.3 Å². The monoisotopic (exact) mass is 578 g/mol. The van der Waals surface area contributed by atoms with Crippen LogP contribution in [0.25, 0.3) is 0 Å². The molecule has 43 heavy (non-hydrogen) atoms. The van der Waals surface area contributed by atoms with E-state index in [1.807, 2.05) is 121 Å². The zero-order valence-electron chi connectivity index (χ0n) is 24.2. The van der Waals surface area contributed by atoms with Gasteiger partial charge in [-0.2, -0.15) is 0 Å². The molecule has 7 heteroatoms. The van der Waals surface area contributed by atoms with E-state index in [1.54, 1.807) is 13.8 Å². The first kappa shape index (κ1) is 29.0. The van der Waals surface area contributed by atoms with Gasteiger partial charge in [0.1, 0.15) is 10.8 Å². The molecule has 2 aliphatic heterocycles. The van der Waals surface area contributed by atoms with Crippen LogP contribution in [0.4, 0.5) is 0 Å². The van der Waals surface area contributed by atoms with E-state index < -0.39 is 34.3 Å². The highest BCUT2D eigenvalue weighted by Gasteiger charge is 2.53. The van der Waals surface area contributed by atoms with Gasteiger partial charge in [-0.3, -0.25) is 9.59 Å². The summed E-state index contributed by atoms with van der Waals surface area (Å²) in [6, 6.07) is 38.3. The van der Waals surface area contributed by atoms with Crippen LogP contribution in [-0.4, -0.2) is 38.4 Å². The van der Waals surface area contributed by atoms with Crippen LogP contribution >= 0.6 is 0 Å². The van der Waals surface area contributed by atoms with Crippen LogP contribution in [0, 0.1) is 10.8 Å². The second-order valence-electron chi connectivity index (χ2n) is 11.7. The van der Waals surface area contributed by atoms with Gasteiger partial charge in [0.05, 0.1) is 26.4 Å². The molecule has 4 aromatic rings. The van der Waals surface area contributed by atoms with Gasteiger partial charge in [-0.1, -0.05) is 121 Å². The van der Waals surface area contributed by atoms with E-state index in [0.29, 0.717) is 0 Å². The fourth-order valence-electron chi connectivity index (χ4n) is 5.41. The van der Waals surface area contributed by atoms with Gasteiger partial charge in [-0.05, 0) is 13.8 Å². The maximum atomic E-state index is 13.5. The van der Waals surface area contributed by atoms with Crippen LogP contribution in [0.3, 0.4) is 0 Å². The van der Waals surface area contributed by atoms with Gasteiger partial charge in [-0.25, -0.2) is 0 Å². The van der Waals surface area contributed by atoms with Crippen molar-refractivity contribution in [3.8, 4) is 0 Å².